The maximum atomic E-state index is 13.3. The monoisotopic (exact) mass is 371 g/mol. The molecule has 5 nitrogen and oxygen atoms in total. The normalized spacial score (nSPS) is 33.2. The van der Waals surface area contributed by atoms with Gasteiger partial charge in [-0.15, -0.1) is 0 Å². The van der Waals surface area contributed by atoms with Gasteiger partial charge < -0.3 is 10.0 Å². The first kappa shape index (κ1) is 17.8. The molecular weight excluding hydrogens is 347 g/mol. The molecule has 3 fully saturated rings. The topological polar surface area (TPSA) is 58.4 Å². The van der Waals surface area contributed by atoms with Crippen LogP contribution in [0.25, 0.3) is 0 Å². The third-order valence-corrected chi connectivity index (χ3v) is 6.46. The number of hydrogen-bond acceptors (Lipinski definition) is 3. The van der Waals surface area contributed by atoms with Crippen molar-refractivity contribution in [2.24, 2.45) is 18.4 Å². The molecule has 2 heterocycles. The summed E-state index contributed by atoms with van der Waals surface area (Å²) in [6, 6.07) is 0. The molecule has 2 saturated carbocycles. The van der Waals surface area contributed by atoms with Gasteiger partial charge in [0.05, 0.1) is 11.8 Å². The lowest BCUT2D eigenvalue weighted by molar-refractivity contribution is -0.161. The lowest BCUT2D eigenvalue weighted by Gasteiger charge is -2.52. The molecule has 1 aromatic heterocycles. The number of carbonyl (C=O) groups excluding carboxylic acids is 1. The van der Waals surface area contributed by atoms with Crippen LogP contribution in [0.1, 0.15) is 56.2 Å². The fourth-order valence-corrected chi connectivity index (χ4v) is 5.21. The van der Waals surface area contributed by atoms with Crippen molar-refractivity contribution in [3.05, 3.63) is 17.5 Å². The minimum Gasteiger partial charge on any atom is -0.390 e. The van der Waals surface area contributed by atoms with Crippen LogP contribution in [0.15, 0.2) is 6.20 Å². The molecule has 1 N–H and O–H groups in total. The van der Waals surface area contributed by atoms with Crippen molar-refractivity contribution in [1.29, 1.82) is 0 Å². The molecule has 2 aliphatic carbocycles. The zero-order valence-corrected chi connectivity index (χ0v) is 15.0. The fraction of sp³-hybridized carbons (Fsp3) is 0.778. The van der Waals surface area contributed by atoms with Crippen molar-refractivity contribution in [2.75, 3.05) is 13.1 Å². The first-order valence-electron chi connectivity index (χ1n) is 9.10. The summed E-state index contributed by atoms with van der Waals surface area (Å²) in [7, 11) is 1.33. The highest BCUT2D eigenvalue weighted by atomic mass is 19.4. The molecule has 1 amide bonds. The lowest BCUT2D eigenvalue weighted by atomic mass is 9.69. The van der Waals surface area contributed by atoms with E-state index in [9.17, 15) is 23.1 Å². The van der Waals surface area contributed by atoms with Crippen LogP contribution in [-0.4, -0.2) is 44.4 Å². The molecule has 1 aliphatic heterocycles. The quantitative estimate of drug-likeness (QED) is 0.870. The van der Waals surface area contributed by atoms with Crippen LogP contribution in [0.4, 0.5) is 13.2 Å². The number of alkyl halides is 3. The SMILES string of the molecule is Cn1ncc(C2CCC3(C2)CN(C(=O)C2CC(C)(O)C2)C3)c1C(F)(F)F. The zero-order valence-electron chi connectivity index (χ0n) is 15.0. The van der Waals surface area contributed by atoms with Gasteiger partial charge >= 0.3 is 6.18 Å². The van der Waals surface area contributed by atoms with Crippen LogP contribution in [0.5, 0.6) is 0 Å². The number of amides is 1. The van der Waals surface area contributed by atoms with E-state index in [1.807, 2.05) is 4.90 Å². The van der Waals surface area contributed by atoms with Gasteiger partial charge in [0.2, 0.25) is 5.91 Å². The van der Waals surface area contributed by atoms with Crippen LogP contribution < -0.4 is 0 Å². The van der Waals surface area contributed by atoms with Gasteiger partial charge in [-0.05, 0) is 44.9 Å². The Labute approximate surface area is 150 Å². The molecule has 1 atom stereocenters. The number of carbonyl (C=O) groups is 1. The largest absolute Gasteiger partial charge is 0.433 e. The van der Waals surface area contributed by atoms with E-state index in [1.54, 1.807) is 6.92 Å². The summed E-state index contributed by atoms with van der Waals surface area (Å²) in [6.45, 7) is 2.99. The first-order valence-corrected chi connectivity index (χ1v) is 9.10. The van der Waals surface area contributed by atoms with Gasteiger partial charge in [-0.2, -0.15) is 18.3 Å². The van der Waals surface area contributed by atoms with Gasteiger partial charge in [0, 0.05) is 37.0 Å². The maximum absolute atomic E-state index is 13.3. The molecule has 8 heteroatoms. The smallest absolute Gasteiger partial charge is 0.390 e. The number of halogens is 3. The Morgan fingerprint density at radius 2 is 1.96 bits per heavy atom. The third kappa shape index (κ3) is 2.82. The van der Waals surface area contributed by atoms with E-state index in [0.717, 1.165) is 11.1 Å². The predicted octanol–water partition coefficient (Wildman–Crippen LogP) is 2.70. The van der Waals surface area contributed by atoms with E-state index >= 15 is 0 Å². The zero-order chi connectivity index (χ0) is 18.9. The van der Waals surface area contributed by atoms with E-state index in [4.69, 9.17) is 0 Å². The summed E-state index contributed by atoms with van der Waals surface area (Å²) >= 11 is 0. The Balaban J connectivity index is 1.40. The number of aryl methyl sites for hydroxylation is 1. The minimum atomic E-state index is -4.40. The van der Waals surface area contributed by atoms with Gasteiger partial charge in [-0.25, -0.2) is 0 Å². The standard InChI is InChI=1S/C18H24F3N3O2/c1-16(26)5-12(6-16)15(25)24-9-17(10-24)4-3-11(7-17)13-8-22-23(2)14(13)18(19,20)21/h8,11-12,26H,3-7,9-10H2,1-2H3. The van der Waals surface area contributed by atoms with Crippen molar-refractivity contribution >= 4 is 5.91 Å². The van der Waals surface area contributed by atoms with Crippen LogP contribution in [0.2, 0.25) is 0 Å². The van der Waals surface area contributed by atoms with Crippen molar-refractivity contribution < 1.29 is 23.1 Å². The van der Waals surface area contributed by atoms with Gasteiger partial charge in [-0.1, -0.05) is 0 Å². The van der Waals surface area contributed by atoms with Crippen molar-refractivity contribution in [3.8, 4) is 0 Å². The Morgan fingerprint density at radius 3 is 2.54 bits per heavy atom. The molecule has 1 aromatic rings. The Hall–Kier alpha value is -1.57. The van der Waals surface area contributed by atoms with E-state index in [0.29, 0.717) is 38.8 Å². The van der Waals surface area contributed by atoms with Gasteiger partial charge in [-0.3, -0.25) is 9.48 Å². The van der Waals surface area contributed by atoms with Crippen LogP contribution in [-0.2, 0) is 18.0 Å². The maximum Gasteiger partial charge on any atom is 0.433 e. The molecule has 1 unspecified atom stereocenters. The summed E-state index contributed by atoms with van der Waals surface area (Å²) in [5.41, 5.74) is -1.14. The number of nitrogens with zero attached hydrogens (tertiary/aromatic N) is 3. The molecule has 144 valence electrons. The number of aromatic nitrogens is 2. The van der Waals surface area contributed by atoms with Crippen LogP contribution in [0.3, 0.4) is 0 Å². The van der Waals surface area contributed by atoms with Gasteiger partial charge in [0.1, 0.15) is 5.69 Å². The molecule has 1 saturated heterocycles. The van der Waals surface area contributed by atoms with E-state index in [2.05, 4.69) is 5.10 Å². The molecular formula is C18H24F3N3O2. The third-order valence-electron chi connectivity index (χ3n) is 6.46. The molecule has 26 heavy (non-hydrogen) atoms. The Morgan fingerprint density at radius 1 is 1.31 bits per heavy atom. The minimum absolute atomic E-state index is 0.0503. The summed E-state index contributed by atoms with van der Waals surface area (Å²) in [5, 5.41) is 13.6. The highest BCUT2D eigenvalue weighted by molar-refractivity contribution is 5.81. The molecule has 0 aromatic carbocycles. The average Bonchev–Trinajstić information content (AvgIpc) is 3.05. The summed E-state index contributed by atoms with van der Waals surface area (Å²) in [6.07, 6.45) is 0.174. The molecule has 0 bridgehead atoms. The van der Waals surface area contributed by atoms with E-state index in [-0.39, 0.29) is 28.7 Å². The number of likely N-dealkylation sites (tertiary alicyclic amines) is 1. The van der Waals surface area contributed by atoms with E-state index < -0.39 is 17.5 Å². The van der Waals surface area contributed by atoms with Crippen LogP contribution >= 0.6 is 0 Å². The summed E-state index contributed by atoms with van der Waals surface area (Å²) < 4.78 is 40.9. The Kier molecular flexibility index (Phi) is 3.75. The Bertz CT molecular complexity index is 727. The van der Waals surface area contributed by atoms with Gasteiger partial charge in [0.15, 0.2) is 0 Å². The number of aliphatic hydroxyl groups is 1. The van der Waals surface area contributed by atoms with Crippen molar-refractivity contribution in [1.82, 2.24) is 14.7 Å². The molecule has 1 spiro atoms. The highest BCUT2D eigenvalue weighted by Crippen LogP contribution is 2.54. The second-order valence-electron chi connectivity index (χ2n) is 8.81. The number of rotatable bonds is 2. The van der Waals surface area contributed by atoms with Gasteiger partial charge in [0.25, 0.3) is 0 Å². The average molecular weight is 371 g/mol. The fourth-order valence-electron chi connectivity index (χ4n) is 5.21. The predicted molar refractivity (Wildman–Crippen MR) is 87.2 cm³/mol. The molecule has 0 radical (unpaired) electrons. The van der Waals surface area contributed by atoms with Crippen molar-refractivity contribution in [3.63, 3.8) is 0 Å². The summed E-state index contributed by atoms with van der Waals surface area (Å²) in [4.78, 5) is 14.2. The van der Waals surface area contributed by atoms with Crippen LogP contribution in [0, 0.1) is 11.3 Å². The molecule has 4 rings (SSSR count). The van der Waals surface area contributed by atoms with E-state index in [1.165, 1.54) is 13.2 Å². The first-order chi connectivity index (χ1) is 12.0. The second kappa shape index (κ2) is 5.47. The summed E-state index contributed by atoms with van der Waals surface area (Å²) in [5.74, 6) is -0.167. The second-order valence-corrected chi connectivity index (χ2v) is 8.81. The van der Waals surface area contributed by atoms with Crippen molar-refractivity contribution in [2.45, 2.75) is 56.7 Å². The lowest BCUT2D eigenvalue weighted by Crippen LogP contribution is -2.61. The molecule has 3 aliphatic rings. The highest BCUT2D eigenvalue weighted by Gasteiger charge is 2.54. The number of hydrogen-bond donors (Lipinski definition) is 1.